The second kappa shape index (κ2) is 10.8. The normalized spacial score (nSPS) is 10.3. The molecule has 0 saturated carbocycles. The number of tetrazole rings is 1. The van der Waals surface area contributed by atoms with E-state index in [9.17, 15) is 0 Å². The summed E-state index contributed by atoms with van der Waals surface area (Å²) in [5.41, 5.74) is 2.37. The van der Waals surface area contributed by atoms with Crippen molar-refractivity contribution >= 4 is 11.8 Å². The summed E-state index contributed by atoms with van der Waals surface area (Å²) >= 11 is 1.64. The van der Waals surface area contributed by atoms with E-state index in [2.05, 4.69) is 45.1 Å². The maximum absolute atomic E-state index is 5.87. The highest BCUT2D eigenvalue weighted by molar-refractivity contribution is 7.99. The molecule has 6 nitrogen and oxygen atoms in total. The number of aromatic nitrogens is 4. The van der Waals surface area contributed by atoms with Gasteiger partial charge in [-0.15, -0.1) is 5.10 Å². The molecule has 0 spiro atoms. The van der Waals surface area contributed by atoms with Crippen molar-refractivity contribution in [3.8, 4) is 5.75 Å². The summed E-state index contributed by atoms with van der Waals surface area (Å²) < 4.78 is 7.54. The lowest BCUT2D eigenvalue weighted by Crippen LogP contribution is -3.00. The van der Waals surface area contributed by atoms with Crippen molar-refractivity contribution in [1.29, 1.82) is 0 Å². The van der Waals surface area contributed by atoms with Gasteiger partial charge in [-0.05, 0) is 33.7 Å². The molecule has 3 aromatic rings. The lowest BCUT2D eigenvalue weighted by Gasteiger charge is -2.09. The summed E-state index contributed by atoms with van der Waals surface area (Å²) in [4.78, 5) is 0. The number of benzene rings is 2. The SMILES string of the molecule is Cn1nnnc1SCCNCc1cccc(OCc2ccccc2)c1.[Cl-]. The van der Waals surface area contributed by atoms with Gasteiger partial charge in [-0.2, -0.15) is 0 Å². The Bertz CT molecular complexity index is 784. The third kappa shape index (κ3) is 6.33. The molecule has 0 radical (unpaired) electrons. The summed E-state index contributed by atoms with van der Waals surface area (Å²) in [7, 11) is 1.84. The van der Waals surface area contributed by atoms with E-state index in [4.69, 9.17) is 4.74 Å². The second-order valence-corrected chi connectivity index (χ2v) is 6.59. The summed E-state index contributed by atoms with van der Waals surface area (Å²) in [6.07, 6.45) is 0. The van der Waals surface area contributed by atoms with Crippen LogP contribution in [-0.4, -0.2) is 32.5 Å². The number of thioether (sulfide) groups is 1. The van der Waals surface area contributed by atoms with Crippen LogP contribution in [0.15, 0.2) is 59.8 Å². The number of nitrogens with zero attached hydrogens (tertiary/aromatic N) is 4. The molecule has 1 heterocycles. The highest BCUT2D eigenvalue weighted by Crippen LogP contribution is 2.15. The van der Waals surface area contributed by atoms with E-state index in [1.807, 2.05) is 37.4 Å². The topological polar surface area (TPSA) is 64.9 Å². The molecule has 3 rings (SSSR count). The van der Waals surface area contributed by atoms with Gasteiger partial charge < -0.3 is 22.5 Å². The van der Waals surface area contributed by atoms with E-state index < -0.39 is 0 Å². The predicted molar refractivity (Wildman–Crippen MR) is 98.4 cm³/mol. The van der Waals surface area contributed by atoms with Crippen LogP contribution in [0.1, 0.15) is 11.1 Å². The van der Waals surface area contributed by atoms with E-state index in [1.165, 1.54) is 11.1 Å². The van der Waals surface area contributed by atoms with Gasteiger partial charge in [0.1, 0.15) is 12.4 Å². The Kier molecular flexibility index (Phi) is 8.40. The molecule has 0 aliphatic rings. The van der Waals surface area contributed by atoms with Gasteiger partial charge in [0.2, 0.25) is 5.16 Å². The van der Waals surface area contributed by atoms with Gasteiger partial charge >= 0.3 is 0 Å². The van der Waals surface area contributed by atoms with E-state index in [0.717, 1.165) is 29.7 Å². The Morgan fingerprint density at radius 3 is 2.65 bits per heavy atom. The molecule has 138 valence electrons. The Labute approximate surface area is 163 Å². The first kappa shape index (κ1) is 20.2. The molecule has 1 aromatic heterocycles. The van der Waals surface area contributed by atoms with Crippen LogP contribution in [0.5, 0.6) is 5.75 Å². The fraction of sp³-hybridized carbons (Fsp3) is 0.278. The van der Waals surface area contributed by atoms with Gasteiger partial charge in [-0.3, -0.25) is 0 Å². The number of ether oxygens (including phenoxy) is 1. The summed E-state index contributed by atoms with van der Waals surface area (Å²) in [5.74, 6) is 1.81. The second-order valence-electron chi connectivity index (χ2n) is 5.53. The molecular weight excluding hydrogens is 370 g/mol. The quantitative estimate of drug-likeness (QED) is 0.399. The van der Waals surface area contributed by atoms with Crippen LogP contribution in [0.2, 0.25) is 0 Å². The van der Waals surface area contributed by atoms with Crippen molar-refractivity contribution in [2.75, 3.05) is 12.3 Å². The van der Waals surface area contributed by atoms with E-state index in [-0.39, 0.29) is 12.4 Å². The van der Waals surface area contributed by atoms with Crippen molar-refractivity contribution in [3.63, 3.8) is 0 Å². The monoisotopic (exact) mass is 390 g/mol. The molecule has 0 aliphatic carbocycles. The highest BCUT2D eigenvalue weighted by atomic mass is 35.5. The summed E-state index contributed by atoms with van der Waals surface area (Å²) in [5, 5.41) is 15.6. The van der Waals surface area contributed by atoms with Gasteiger partial charge in [-0.1, -0.05) is 54.2 Å². The first-order valence-electron chi connectivity index (χ1n) is 8.13. The lowest BCUT2D eigenvalue weighted by molar-refractivity contribution is -0.00000567. The Balaban J connectivity index is 0.00000243. The van der Waals surface area contributed by atoms with Gasteiger partial charge in [0.25, 0.3) is 0 Å². The first-order valence-corrected chi connectivity index (χ1v) is 9.11. The smallest absolute Gasteiger partial charge is 0.209 e. The molecule has 0 bridgehead atoms. The van der Waals surface area contributed by atoms with Gasteiger partial charge in [0, 0.05) is 25.9 Å². The number of rotatable bonds is 9. The third-order valence-electron chi connectivity index (χ3n) is 3.57. The Morgan fingerprint density at radius 2 is 1.88 bits per heavy atom. The number of hydrogen-bond acceptors (Lipinski definition) is 6. The standard InChI is InChI=1S/C18H21N5OS.ClH/c1-23-18(20-21-22-23)25-11-10-19-13-16-8-5-9-17(12-16)24-14-15-6-3-2-4-7-15;/h2-9,12,19H,10-11,13-14H2,1H3;1H/p-1. The van der Waals surface area contributed by atoms with Crippen molar-refractivity contribution in [2.24, 2.45) is 7.05 Å². The molecule has 2 aromatic carbocycles. The summed E-state index contributed by atoms with van der Waals surface area (Å²) in [6.45, 7) is 2.27. The minimum absolute atomic E-state index is 0. The average Bonchev–Trinajstić information content (AvgIpc) is 3.06. The van der Waals surface area contributed by atoms with Crippen LogP contribution in [0.25, 0.3) is 0 Å². The van der Waals surface area contributed by atoms with E-state index in [0.29, 0.717) is 6.61 Å². The minimum atomic E-state index is 0. The molecule has 26 heavy (non-hydrogen) atoms. The van der Waals surface area contributed by atoms with Crippen LogP contribution in [-0.2, 0) is 20.2 Å². The predicted octanol–water partition coefficient (Wildman–Crippen LogP) is -0.325. The van der Waals surface area contributed by atoms with Gasteiger partial charge in [0.05, 0.1) is 0 Å². The molecule has 0 saturated heterocycles. The van der Waals surface area contributed by atoms with Crippen molar-refractivity contribution in [1.82, 2.24) is 25.5 Å². The highest BCUT2D eigenvalue weighted by Gasteiger charge is 2.02. The van der Waals surface area contributed by atoms with Crippen LogP contribution in [0, 0.1) is 0 Å². The molecule has 1 N–H and O–H groups in total. The van der Waals surface area contributed by atoms with Crippen LogP contribution in [0.3, 0.4) is 0 Å². The Hall–Kier alpha value is -2.09. The van der Waals surface area contributed by atoms with Gasteiger partial charge in [-0.25, -0.2) is 4.68 Å². The number of halogens is 1. The fourth-order valence-electron chi connectivity index (χ4n) is 2.28. The van der Waals surface area contributed by atoms with Crippen molar-refractivity contribution in [2.45, 2.75) is 18.3 Å². The van der Waals surface area contributed by atoms with E-state index in [1.54, 1.807) is 16.4 Å². The number of aryl methyl sites for hydroxylation is 1. The minimum Gasteiger partial charge on any atom is -1.00 e. The van der Waals surface area contributed by atoms with Crippen LogP contribution >= 0.6 is 11.8 Å². The lowest BCUT2D eigenvalue weighted by atomic mass is 10.2. The molecule has 0 fully saturated rings. The average molecular weight is 391 g/mol. The molecule has 0 unspecified atom stereocenters. The van der Waals surface area contributed by atoms with Gasteiger partial charge in [0.15, 0.2) is 0 Å². The molecule has 0 aliphatic heterocycles. The summed E-state index contributed by atoms with van der Waals surface area (Å²) in [6, 6.07) is 18.4. The molecule has 8 heteroatoms. The largest absolute Gasteiger partial charge is 1.00 e. The fourth-order valence-corrected chi connectivity index (χ4v) is 3.02. The number of hydrogen-bond donors (Lipinski definition) is 1. The maximum Gasteiger partial charge on any atom is 0.209 e. The van der Waals surface area contributed by atoms with Crippen LogP contribution < -0.4 is 22.5 Å². The maximum atomic E-state index is 5.87. The van der Waals surface area contributed by atoms with Crippen molar-refractivity contribution < 1.29 is 17.1 Å². The molecule has 0 amide bonds. The first-order chi connectivity index (χ1) is 12.3. The van der Waals surface area contributed by atoms with E-state index >= 15 is 0 Å². The Morgan fingerprint density at radius 1 is 1.08 bits per heavy atom. The number of nitrogens with one attached hydrogen (secondary N) is 1. The zero-order valence-corrected chi connectivity index (χ0v) is 16.1. The zero-order chi connectivity index (χ0) is 17.3. The molecule has 0 atom stereocenters. The third-order valence-corrected chi connectivity index (χ3v) is 4.58. The van der Waals surface area contributed by atoms with Crippen LogP contribution in [0.4, 0.5) is 0 Å². The zero-order valence-electron chi connectivity index (χ0n) is 14.5. The molecular formula is C18H21ClN5OS-. The van der Waals surface area contributed by atoms with Crippen molar-refractivity contribution in [3.05, 3.63) is 65.7 Å².